The largest absolute Gasteiger partial charge is 0.469 e. The molecule has 2 heteroatoms. The summed E-state index contributed by atoms with van der Waals surface area (Å²) in [5.74, 6) is 2.26. The van der Waals surface area contributed by atoms with Gasteiger partial charge in [0, 0.05) is 6.42 Å². The van der Waals surface area contributed by atoms with Gasteiger partial charge in [0.2, 0.25) is 0 Å². The second-order valence-corrected chi connectivity index (χ2v) is 3.48. The highest BCUT2D eigenvalue weighted by atomic mass is 16.5. The lowest BCUT2D eigenvalue weighted by atomic mass is 9.98. The highest BCUT2D eigenvalue weighted by molar-refractivity contribution is 5.72. The Kier molecular flexibility index (Phi) is 8.02. The van der Waals surface area contributed by atoms with Crippen molar-refractivity contribution in [2.75, 3.05) is 7.11 Å². The Morgan fingerprint density at radius 2 is 2.14 bits per heavy atom. The highest BCUT2D eigenvalue weighted by Gasteiger charge is 2.16. The predicted octanol–water partition coefficient (Wildman–Crippen LogP) is 2.77. The average Bonchev–Trinajstić information content (AvgIpc) is 2.21. The number of hydrogen-bond donors (Lipinski definition) is 0. The molecule has 0 radical (unpaired) electrons. The standard InChI is InChI=1S/C12H20O2/c1-4-6-7-8-10-11(9-5-2)12(13)14-3/h2,11H,4,6-10H2,1,3H3. The molecule has 0 N–H and O–H groups in total. The van der Waals surface area contributed by atoms with Crippen molar-refractivity contribution in [3.05, 3.63) is 0 Å². The van der Waals surface area contributed by atoms with Crippen LogP contribution in [0.5, 0.6) is 0 Å². The van der Waals surface area contributed by atoms with E-state index in [1.807, 2.05) is 0 Å². The van der Waals surface area contributed by atoms with E-state index in [0.29, 0.717) is 6.42 Å². The molecule has 0 aliphatic carbocycles. The molecule has 14 heavy (non-hydrogen) atoms. The second-order valence-electron chi connectivity index (χ2n) is 3.48. The van der Waals surface area contributed by atoms with Crippen LogP contribution in [0, 0.1) is 18.3 Å². The highest BCUT2D eigenvalue weighted by Crippen LogP contribution is 2.15. The first-order valence-corrected chi connectivity index (χ1v) is 5.27. The Bertz CT molecular complexity index is 191. The number of rotatable bonds is 7. The van der Waals surface area contributed by atoms with Gasteiger partial charge in [0.1, 0.15) is 0 Å². The van der Waals surface area contributed by atoms with Crippen molar-refractivity contribution < 1.29 is 9.53 Å². The minimum Gasteiger partial charge on any atom is -0.469 e. The molecule has 0 aromatic rings. The zero-order chi connectivity index (χ0) is 10.8. The zero-order valence-corrected chi connectivity index (χ0v) is 9.21. The van der Waals surface area contributed by atoms with Crippen LogP contribution in [-0.4, -0.2) is 13.1 Å². The van der Waals surface area contributed by atoms with E-state index in [2.05, 4.69) is 17.6 Å². The maximum Gasteiger partial charge on any atom is 0.309 e. The first-order valence-electron chi connectivity index (χ1n) is 5.27. The summed E-state index contributed by atoms with van der Waals surface area (Å²) in [4.78, 5) is 11.2. The summed E-state index contributed by atoms with van der Waals surface area (Å²) in [5.41, 5.74) is 0. The van der Waals surface area contributed by atoms with E-state index in [0.717, 1.165) is 12.8 Å². The molecule has 0 bridgehead atoms. The first kappa shape index (κ1) is 13.0. The maximum atomic E-state index is 11.2. The molecule has 0 aromatic carbocycles. The van der Waals surface area contributed by atoms with Gasteiger partial charge in [-0.15, -0.1) is 12.3 Å². The van der Waals surface area contributed by atoms with Crippen LogP contribution in [0.4, 0.5) is 0 Å². The van der Waals surface area contributed by atoms with Crippen LogP contribution in [0.15, 0.2) is 0 Å². The van der Waals surface area contributed by atoms with E-state index in [9.17, 15) is 4.79 Å². The van der Waals surface area contributed by atoms with Gasteiger partial charge in [-0.25, -0.2) is 0 Å². The van der Waals surface area contributed by atoms with Crippen molar-refractivity contribution in [3.63, 3.8) is 0 Å². The van der Waals surface area contributed by atoms with Gasteiger partial charge in [0.25, 0.3) is 0 Å². The van der Waals surface area contributed by atoms with Gasteiger partial charge in [-0.3, -0.25) is 4.79 Å². The van der Waals surface area contributed by atoms with Crippen molar-refractivity contribution in [3.8, 4) is 12.3 Å². The van der Waals surface area contributed by atoms with E-state index < -0.39 is 0 Å². The van der Waals surface area contributed by atoms with E-state index >= 15 is 0 Å². The molecule has 0 aliphatic rings. The molecule has 0 saturated carbocycles. The third-order valence-electron chi connectivity index (χ3n) is 2.30. The summed E-state index contributed by atoms with van der Waals surface area (Å²) in [6.07, 6.45) is 11.2. The average molecular weight is 196 g/mol. The topological polar surface area (TPSA) is 26.3 Å². The van der Waals surface area contributed by atoms with Crippen molar-refractivity contribution in [2.24, 2.45) is 5.92 Å². The predicted molar refractivity (Wildman–Crippen MR) is 57.7 cm³/mol. The Balaban J connectivity index is 3.74. The van der Waals surface area contributed by atoms with Crippen LogP contribution in [0.1, 0.15) is 45.4 Å². The second kappa shape index (κ2) is 8.62. The quantitative estimate of drug-likeness (QED) is 0.355. The molecule has 0 aliphatic heterocycles. The summed E-state index contributed by atoms with van der Waals surface area (Å²) in [5, 5.41) is 0. The van der Waals surface area contributed by atoms with Crippen LogP contribution >= 0.6 is 0 Å². The molecular weight excluding hydrogens is 176 g/mol. The van der Waals surface area contributed by atoms with Crippen molar-refractivity contribution in [1.82, 2.24) is 0 Å². The van der Waals surface area contributed by atoms with Crippen LogP contribution in [-0.2, 0) is 9.53 Å². The summed E-state index contributed by atoms with van der Waals surface area (Å²) < 4.78 is 4.69. The van der Waals surface area contributed by atoms with Crippen LogP contribution < -0.4 is 0 Å². The summed E-state index contributed by atoms with van der Waals surface area (Å²) in [6.45, 7) is 2.17. The Morgan fingerprint density at radius 3 is 2.64 bits per heavy atom. The minimum atomic E-state index is -0.167. The molecular formula is C12H20O2. The number of carbonyl (C=O) groups excluding carboxylic acids is 1. The summed E-state index contributed by atoms with van der Waals surface area (Å²) in [6, 6.07) is 0. The molecule has 0 rings (SSSR count). The molecule has 0 fully saturated rings. The van der Waals surface area contributed by atoms with Crippen LogP contribution in [0.25, 0.3) is 0 Å². The van der Waals surface area contributed by atoms with Gasteiger partial charge in [0.05, 0.1) is 13.0 Å². The fraction of sp³-hybridized carbons (Fsp3) is 0.750. The number of ether oxygens (including phenoxy) is 1. The third-order valence-corrected chi connectivity index (χ3v) is 2.30. The van der Waals surface area contributed by atoms with E-state index in [1.54, 1.807) is 0 Å². The Morgan fingerprint density at radius 1 is 1.43 bits per heavy atom. The molecule has 0 spiro atoms. The molecule has 1 unspecified atom stereocenters. The van der Waals surface area contributed by atoms with E-state index in [-0.39, 0.29) is 11.9 Å². The zero-order valence-electron chi connectivity index (χ0n) is 9.21. The molecule has 1 atom stereocenters. The van der Waals surface area contributed by atoms with Crippen LogP contribution in [0.2, 0.25) is 0 Å². The fourth-order valence-electron chi connectivity index (χ4n) is 1.43. The van der Waals surface area contributed by atoms with Gasteiger partial charge in [0.15, 0.2) is 0 Å². The summed E-state index contributed by atoms with van der Waals surface area (Å²) >= 11 is 0. The Labute approximate surface area is 87.0 Å². The SMILES string of the molecule is C#CCC(CCCCCC)C(=O)OC. The van der Waals surface area contributed by atoms with Crippen molar-refractivity contribution in [2.45, 2.75) is 45.4 Å². The van der Waals surface area contributed by atoms with Gasteiger partial charge >= 0.3 is 5.97 Å². The normalized spacial score (nSPS) is 11.8. The van der Waals surface area contributed by atoms with Crippen LogP contribution in [0.3, 0.4) is 0 Å². The molecule has 0 saturated heterocycles. The number of esters is 1. The van der Waals surface area contributed by atoms with Crippen molar-refractivity contribution in [1.29, 1.82) is 0 Å². The number of hydrogen-bond acceptors (Lipinski definition) is 2. The third kappa shape index (κ3) is 5.64. The number of methoxy groups -OCH3 is 1. The lowest BCUT2D eigenvalue weighted by molar-refractivity contribution is -0.145. The molecule has 0 heterocycles. The minimum absolute atomic E-state index is 0.0955. The van der Waals surface area contributed by atoms with Gasteiger partial charge in [-0.05, 0) is 6.42 Å². The van der Waals surface area contributed by atoms with E-state index in [1.165, 1.54) is 26.4 Å². The first-order chi connectivity index (χ1) is 6.76. The monoisotopic (exact) mass is 196 g/mol. The van der Waals surface area contributed by atoms with Gasteiger partial charge in [-0.2, -0.15) is 0 Å². The lowest BCUT2D eigenvalue weighted by Crippen LogP contribution is -2.15. The fourth-order valence-corrected chi connectivity index (χ4v) is 1.43. The maximum absolute atomic E-state index is 11.2. The number of unbranched alkanes of at least 4 members (excludes halogenated alkanes) is 3. The Hall–Kier alpha value is -0.970. The number of carbonyl (C=O) groups is 1. The van der Waals surface area contributed by atoms with Gasteiger partial charge < -0.3 is 4.74 Å². The number of terminal acetylenes is 1. The van der Waals surface area contributed by atoms with E-state index in [4.69, 9.17) is 6.42 Å². The molecule has 2 nitrogen and oxygen atoms in total. The summed E-state index contributed by atoms with van der Waals surface area (Å²) in [7, 11) is 1.41. The smallest absolute Gasteiger partial charge is 0.309 e. The molecule has 0 aromatic heterocycles. The molecule has 80 valence electrons. The van der Waals surface area contributed by atoms with Gasteiger partial charge in [-0.1, -0.05) is 32.6 Å². The van der Waals surface area contributed by atoms with Crippen molar-refractivity contribution >= 4 is 5.97 Å². The lowest BCUT2D eigenvalue weighted by Gasteiger charge is -2.10. The molecule has 0 amide bonds.